The molecule has 6 nitrogen and oxygen atoms in total. The molecule has 0 fully saturated rings. The summed E-state index contributed by atoms with van der Waals surface area (Å²) in [7, 11) is 1.44. The molecule has 3 N–H and O–H groups in total. The summed E-state index contributed by atoms with van der Waals surface area (Å²) in [5, 5.41) is 12.7. The zero-order valence-corrected chi connectivity index (χ0v) is 15.5. The summed E-state index contributed by atoms with van der Waals surface area (Å²) in [6.07, 6.45) is 0. The molecule has 28 heavy (non-hydrogen) atoms. The topological polar surface area (TPSA) is 87.2 Å². The minimum Gasteiger partial charge on any atom is -0.504 e. The monoisotopic (exact) mass is 373 g/mol. The second kappa shape index (κ2) is 7.08. The van der Waals surface area contributed by atoms with E-state index in [0.717, 1.165) is 22.2 Å². The maximum Gasteiger partial charge on any atom is 0.255 e. The smallest absolute Gasteiger partial charge is 0.255 e. The number of carbonyl (C=O) groups excluding carboxylic acids is 1. The summed E-state index contributed by atoms with van der Waals surface area (Å²) in [6, 6.07) is 18.0. The first kappa shape index (κ1) is 17.6. The van der Waals surface area contributed by atoms with E-state index in [1.807, 2.05) is 49.4 Å². The van der Waals surface area contributed by atoms with Gasteiger partial charge in [0.25, 0.3) is 5.91 Å². The van der Waals surface area contributed by atoms with E-state index in [4.69, 9.17) is 4.74 Å². The number of imidazole rings is 1. The van der Waals surface area contributed by atoms with E-state index in [0.29, 0.717) is 17.1 Å². The molecule has 0 aliphatic carbocycles. The average Bonchev–Trinajstić information content (AvgIpc) is 3.13. The number of nitrogens with one attached hydrogen (secondary N) is 2. The van der Waals surface area contributed by atoms with Crippen LogP contribution in [0.1, 0.15) is 15.9 Å². The molecule has 0 aliphatic heterocycles. The lowest BCUT2D eigenvalue weighted by Gasteiger charge is -2.12. The van der Waals surface area contributed by atoms with Gasteiger partial charge in [-0.1, -0.05) is 23.8 Å². The Morgan fingerprint density at radius 2 is 1.93 bits per heavy atom. The van der Waals surface area contributed by atoms with Crippen LogP contribution in [0.3, 0.4) is 0 Å². The highest BCUT2D eigenvalue weighted by Crippen LogP contribution is 2.30. The lowest BCUT2D eigenvalue weighted by Crippen LogP contribution is -2.13. The van der Waals surface area contributed by atoms with E-state index in [2.05, 4.69) is 15.3 Å². The third-order valence-electron chi connectivity index (χ3n) is 4.51. The molecular formula is C22H19N3O3. The van der Waals surface area contributed by atoms with Crippen molar-refractivity contribution in [3.8, 4) is 22.9 Å². The number of nitrogens with zero attached hydrogens (tertiary/aromatic N) is 1. The van der Waals surface area contributed by atoms with E-state index < -0.39 is 0 Å². The first-order valence-electron chi connectivity index (χ1n) is 8.79. The van der Waals surface area contributed by atoms with Crippen molar-refractivity contribution < 1.29 is 14.6 Å². The third-order valence-corrected chi connectivity index (χ3v) is 4.51. The molecule has 0 aliphatic rings. The molecule has 0 bridgehead atoms. The number of benzene rings is 3. The largest absolute Gasteiger partial charge is 0.504 e. The molecule has 0 saturated heterocycles. The fraction of sp³-hybridized carbons (Fsp3) is 0.0909. The number of hydrogen-bond donors (Lipinski definition) is 3. The van der Waals surface area contributed by atoms with Gasteiger partial charge in [0.15, 0.2) is 11.5 Å². The van der Waals surface area contributed by atoms with Crippen molar-refractivity contribution in [2.24, 2.45) is 0 Å². The maximum atomic E-state index is 12.8. The van der Waals surface area contributed by atoms with E-state index >= 15 is 0 Å². The maximum absolute atomic E-state index is 12.8. The standard InChI is InChI=1S/C22H19N3O3/c1-13-7-9-16(25-22(27)14-8-10-19(26)20(12-14)28-2)15(11-13)21-23-17-5-3-4-6-18(17)24-21/h3-12,26H,1-2H3,(H,23,24)(H,25,27). The Morgan fingerprint density at radius 1 is 1.11 bits per heavy atom. The molecule has 0 spiro atoms. The Hall–Kier alpha value is -3.80. The number of rotatable bonds is 4. The Labute approximate surface area is 161 Å². The summed E-state index contributed by atoms with van der Waals surface area (Å²) in [5.41, 5.74) is 4.67. The number of hydrogen-bond acceptors (Lipinski definition) is 4. The number of amides is 1. The Balaban J connectivity index is 1.71. The number of ether oxygens (including phenoxy) is 1. The van der Waals surface area contributed by atoms with Crippen molar-refractivity contribution in [1.82, 2.24) is 9.97 Å². The van der Waals surface area contributed by atoms with Crippen LogP contribution in [-0.2, 0) is 0 Å². The Morgan fingerprint density at radius 3 is 2.71 bits per heavy atom. The van der Waals surface area contributed by atoms with Gasteiger partial charge >= 0.3 is 0 Å². The van der Waals surface area contributed by atoms with Crippen LogP contribution in [0.4, 0.5) is 5.69 Å². The molecule has 4 rings (SSSR count). The summed E-state index contributed by atoms with van der Waals surface area (Å²) in [4.78, 5) is 20.7. The van der Waals surface area contributed by atoms with Crippen molar-refractivity contribution in [2.75, 3.05) is 12.4 Å². The highest BCUT2D eigenvalue weighted by atomic mass is 16.5. The van der Waals surface area contributed by atoms with Gasteiger partial charge in [0, 0.05) is 11.1 Å². The number of aromatic nitrogens is 2. The fourth-order valence-electron chi connectivity index (χ4n) is 3.06. The number of H-pyrrole nitrogens is 1. The number of anilines is 1. The molecule has 1 amide bonds. The molecule has 0 radical (unpaired) electrons. The van der Waals surface area contributed by atoms with E-state index in [1.165, 1.54) is 19.2 Å². The van der Waals surface area contributed by atoms with Crippen LogP contribution in [-0.4, -0.2) is 28.1 Å². The first-order valence-corrected chi connectivity index (χ1v) is 8.79. The van der Waals surface area contributed by atoms with Crippen LogP contribution in [0.25, 0.3) is 22.4 Å². The molecular weight excluding hydrogens is 354 g/mol. The normalized spacial score (nSPS) is 10.8. The van der Waals surface area contributed by atoms with Crippen molar-refractivity contribution in [1.29, 1.82) is 0 Å². The van der Waals surface area contributed by atoms with Crippen LogP contribution >= 0.6 is 0 Å². The van der Waals surface area contributed by atoms with E-state index in [1.54, 1.807) is 6.07 Å². The van der Waals surface area contributed by atoms with Gasteiger partial charge in [0.05, 0.1) is 23.8 Å². The number of methoxy groups -OCH3 is 1. The van der Waals surface area contributed by atoms with Crippen LogP contribution < -0.4 is 10.1 Å². The first-order chi connectivity index (χ1) is 13.5. The minimum atomic E-state index is -0.306. The van der Waals surface area contributed by atoms with Crippen LogP contribution in [0.2, 0.25) is 0 Å². The van der Waals surface area contributed by atoms with Gasteiger partial charge < -0.3 is 20.1 Å². The highest BCUT2D eigenvalue weighted by molar-refractivity contribution is 6.06. The van der Waals surface area contributed by atoms with Gasteiger partial charge in [-0.15, -0.1) is 0 Å². The van der Waals surface area contributed by atoms with Gasteiger partial charge in [0.2, 0.25) is 0 Å². The number of para-hydroxylation sites is 2. The van der Waals surface area contributed by atoms with Crippen LogP contribution in [0.5, 0.6) is 11.5 Å². The molecule has 3 aromatic carbocycles. The van der Waals surface area contributed by atoms with Crippen LogP contribution in [0.15, 0.2) is 60.7 Å². The van der Waals surface area contributed by atoms with Crippen molar-refractivity contribution in [3.05, 3.63) is 71.8 Å². The molecule has 140 valence electrons. The van der Waals surface area contributed by atoms with Crippen molar-refractivity contribution >= 4 is 22.6 Å². The second-order valence-electron chi connectivity index (χ2n) is 6.49. The number of phenolic OH excluding ortho intramolecular Hbond substituents is 1. The number of fused-ring (bicyclic) bond motifs is 1. The minimum absolute atomic E-state index is 0.0163. The zero-order chi connectivity index (χ0) is 19.7. The predicted molar refractivity (Wildman–Crippen MR) is 109 cm³/mol. The predicted octanol–water partition coefficient (Wildman–Crippen LogP) is 4.50. The van der Waals surface area contributed by atoms with Gasteiger partial charge in [0.1, 0.15) is 5.82 Å². The molecule has 6 heteroatoms. The number of carbonyl (C=O) groups is 1. The summed E-state index contributed by atoms with van der Waals surface area (Å²) >= 11 is 0. The van der Waals surface area contributed by atoms with Crippen molar-refractivity contribution in [2.45, 2.75) is 6.92 Å². The quantitative estimate of drug-likeness (QED) is 0.491. The summed E-state index contributed by atoms with van der Waals surface area (Å²) in [6.45, 7) is 1.99. The summed E-state index contributed by atoms with van der Waals surface area (Å²) < 4.78 is 5.08. The fourth-order valence-corrected chi connectivity index (χ4v) is 3.06. The molecule has 0 unspecified atom stereocenters. The van der Waals surface area contributed by atoms with Gasteiger partial charge in [-0.3, -0.25) is 4.79 Å². The molecule has 0 atom stereocenters. The third kappa shape index (κ3) is 3.27. The summed E-state index contributed by atoms with van der Waals surface area (Å²) in [5.74, 6) is 0.606. The van der Waals surface area contributed by atoms with Crippen LogP contribution in [0, 0.1) is 6.92 Å². The average molecular weight is 373 g/mol. The molecule has 1 aromatic heterocycles. The van der Waals surface area contributed by atoms with E-state index in [9.17, 15) is 9.90 Å². The number of aryl methyl sites for hydroxylation is 1. The number of aromatic hydroxyl groups is 1. The van der Waals surface area contributed by atoms with E-state index in [-0.39, 0.29) is 17.4 Å². The Kier molecular flexibility index (Phi) is 4.45. The lowest BCUT2D eigenvalue weighted by atomic mass is 10.1. The SMILES string of the molecule is COc1cc(C(=O)Nc2ccc(C)cc2-c2nc3ccccc3[nH]2)ccc1O. The number of aromatic amines is 1. The molecule has 0 saturated carbocycles. The highest BCUT2D eigenvalue weighted by Gasteiger charge is 2.15. The molecule has 1 heterocycles. The zero-order valence-electron chi connectivity index (χ0n) is 15.5. The van der Waals surface area contributed by atoms with Crippen molar-refractivity contribution in [3.63, 3.8) is 0 Å². The van der Waals surface area contributed by atoms with Gasteiger partial charge in [-0.05, 0) is 49.4 Å². The Bertz CT molecular complexity index is 1150. The second-order valence-corrected chi connectivity index (χ2v) is 6.49. The van der Waals surface area contributed by atoms with Gasteiger partial charge in [-0.25, -0.2) is 4.98 Å². The number of phenols is 1. The molecule has 4 aromatic rings. The van der Waals surface area contributed by atoms with Gasteiger partial charge in [-0.2, -0.15) is 0 Å². The lowest BCUT2D eigenvalue weighted by molar-refractivity contribution is 0.102.